The first kappa shape index (κ1) is 17.2. The number of rotatable bonds is 4. The molecule has 3 aromatic heterocycles. The third-order valence-electron chi connectivity index (χ3n) is 4.15. The first-order chi connectivity index (χ1) is 12.8. The topological polar surface area (TPSA) is 129 Å². The van der Waals surface area contributed by atoms with Gasteiger partial charge < -0.3 is 9.73 Å². The molecule has 0 aliphatic heterocycles. The van der Waals surface area contributed by atoms with Crippen molar-refractivity contribution >= 4 is 32.6 Å². The average molecular weight is 384 g/mol. The lowest BCUT2D eigenvalue weighted by molar-refractivity contribution is 0.577. The number of sulfonamides is 1. The fraction of sp³-hybridized carbons (Fsp3) is 0.118. The second-order valence-corrected chi connectivity index (χ2v) is 7.54. The van der Waals surface area contributed by atoms with Gasteiger partial charge in [-0.15, -0.1) is 0 Å². The van der Waals surface area contributed by atoms with Crippen LogP contribution in [0, 0.1) is 6.92 Å². The van der Waals surface area contributed by atoms with Gasteiger partial charge in [0.2, 0.25) is 10.0 Å². The third-order valence-corrected chi connectivity index (χ3v) is 5.08. The van der Waals surface area contributed by atoms with Crippen LogP contribution in [-0.4, -0.2) is 28.2 Å². The van der Waals surface area contributed by atoms with E-state index in [0.29, 0.717) is 34.1 Å². The molecule has 0 atom stereocenters. The van der Waals surface area contributed by atoms with Gasteiger partial charge in [0.25, 0.3) is 0 Å². The first-order valence-corrected chi connectivity index (χ1v) is 9.52. The monoisotopic (exact) mass is 384 g/mol. The molecule has 27 heavy (non-hydrogen) atoms. The van der Waals surface area contributed by atoms with E-state index >= 15 is 0 Å². The Kier molecular flexibility index (Phi) is 3.93. The van der Waals surface area contributed by atoms with Crippen molar-refractivity contribution in [3.63, 3.8) is 0 Å². The van der Waals surface area contributed by atoms with Crippen LogP contribution < -0.4 is 10.5 Å². The van der Waals surface area contributed by atoms with Crippen molar-refractivity contribution in [3.05, 3.63) is 48.4 Å². The summed E-state index contributed by atoms with van der Waals surface area (Å²) in [6, 6.07) is 9.60. The van der Waals surface area contributed by atoms with E-state index < -0.39 is 10.0 Å². The summed E-state index contributed by atoms with van der Waals surface area (Å²) in [6.07, 6.45) is 1.55. The van der Waals surface area contributed by atoms with E-state index in [1.54, 1.807) is 35.2 Å². The van der Waals surface area contributed by atoms with Crippen LogP contribution in [0.5, 0.6) is 0 Å². The molecule has 0 bridgehead atoms. The minimum absolute atomic E-state index is 0.0332. The maximum Gasteiger partial charge on any atom is 0.238 e. The minimum atomic E-state index is -3.75. The maximum atomic E-state index is 11.4. The molecule has 0 fully saturated rings. The number of furan rings is 1. The van der Waals surface area contributed by atoms with Crippen molar-refractivity contribution in [2.45, 2.75) is 11.8 Å². The van der Waals surface area contributed by atoms with Gasteiger partial charge >= 0.3 is 0 Å². The number of nitrogens with one attached hydrogen (secondary N) is 1. The van der Waals surface area contributed by atoms with Gasteiger partial charge in [-0.1, -0.05) is 0 Å². The molecule has 4 aromatic rings. The van der Waals surface area contributed by atoms with E-state index in [1.165, 1.54) is 12.1 Å². The molecule has 10 heteroatoms. The van der Waals surface area contributed by atoms with Crippen LogP contribution in [0.1, 0.15) is 5.69 Å². The van der Waals surface area contributed by atoms with E-state index in [-0.39, 0.29) is 4.90 Å². The van der Waals surface area contributed by atoms with Crippen molar-refractivity contribution in [3.8, 4) is 11.6 Å². The number of primary sulfonamides is 1. The van der Waals surface area contributed by atoms with Gasteiger partial charge in [0.05, 0.1) is 16.9 Å². The maximum absolute atomic E-state index is 11.4. The fourth-order valence-electron chi connectivity index (χ4n) is 2.65. The zero-order valence-corrected chi connectivity index (χ0v) is 15.4. The second kappa shape index (κ2) is 6.18. The highest BCUT2D eigenvalue weighted by molar-refractivity contribution is 7.89. The number of aryl methyl sites for hydroxylation is 2. The summed E-state index contributed by atoms with van der Waals surface area (Å²) in [7, 11) is -1.92. The number of benzene rings is 1. The summed E-state index contributed by atoms with van der Waals surface area (Å²) < 4.78 is 30.0. The van der Waals surface area contributed by atoms with Gasteiger partial charge in [-0.2, -0.15) is 5.10 Å². The number of hydrogen-bond acceptors (Lipinski definition) is 7. The Bertz CT molecular complexity index is 1230. The molecule has 0 amide bonds. The standard InChI is InChI=1S/C17H16N6O3S/c1-10-14-15(22-23(10)2)17(21-16(20-14)13-4-3-9-26-13)19-11-5-7-12(8-6-11)27(18,24)25/h3-9H,1-2H3,(H2,18,24,25)(H,19,20,21). The Hall–Kier alpha value is -3.24. The van der Waals surface area contributed by atoms with E-state index in [0.717, 1.165) is 5.69 Å². The molecule has 0 saturated carbocycles. The number of anilines is 2. The Morgan fingerprint density at radius 2 is 1.85 bits per heavy atom. The summed E-state index contributed by atoms with van der Waals surface area (Å²) in [5.74, 6) is 1.44. The van der Waals surface area contributed by atoms with Crippen LogP contribution in [0.4, 0.5) is 11.5 Å². The number of nitrogens with zero attached hydrogens (tertiary/aromatic N) is 4. The summed E-state index contributed by atoms with van der Waals surface area (Å²) in [6.45, 7) is 1.92. The first-order valence-electron chi connectivity index (χ1n) is 7.98. The Morgan fingerprint density at radius 1 is 1.11 bits per heavy atom. The van der Waals surface area contributed by atoms with E-state index in [4.69, 9.17) is 9.56 Å². The molecule has 0 aliphatic carbocycles. The summed E-state index contributed by atoms with van der Waals surface area (Å²) >= 11 is 0. The predicted octanol–water partition coefficient (Wildman–Crippen LogP) is 2.32. The molecule has 0 radical (unpaired) electrons. The summed E-state index contributed by atoms with van der Waals surface area (Å²) in [5.41, 5.74) is 2.81. The van der Waals surface area contributed by atoms with E-state index in [1.807, 2.05) is 14.0 Å². The smallest absolute Gasteiger partial charge is 0.238 e. The third kappa shape index (κ3) is 3.15. The number of aromatic nitrogens is 4. The number of fused-ring (bicyclic) bond motifs is 1. The molecule has 3 heterocycles. The average Bonchev–Trinajstić information content (AvgIpc) is 3.25. The normalized spacial score (nSPS) is 11.8. The van der Waals surface area contributed by atoms with Crippen molar-refractivity contribution in [1.29, 1.82) is 0 Å². The van der Waals surface area contributed by atoms with Gasteiger partial charge in [0.15, 0.2) is 22.9 Å². The van der Waals surface area contributed by atoms with Crippen LogP contribution in [0.2, 0.25) is 0 Å². The van der Waals surface area contributed by atoms with Crippen molar-refractivity contribution in [2.75, 3.05) is 5.32 Å². The highest BCUT2D eigenvalue weighted by atomic mass is 32.2. The lowest BCUT2D eigenvalue weighted by atomic mass is 10.3. The van der Waals surface area contributed by atoms with Gasteiger partial charge in [0, 0.05) is 12.7 Å². The van der Waals surface area contributed by atoms with Crippen molar-refractivity contribution in [1.82, 2.24) is 19.7 Å². The SMILES string of the molecule is Cc1c2nc(-c3ccco3)nc(Nc3ccc(S(N)(=O)=O)cc3)c2nn1C. The summed E-state index contributed by atoms with van der Waals surface area (Å²) in [5, 5.41) is 12.8. The van der Waals surface area contributed by atoms with Gasteiger partial charge in [-0.25, -0.2) is 23.5 Å². The quantitative estimate of drug-likeness (QED) is 0.552. The highest BCUT2D eigenvalue weighted by Gasteiger charge is 2.17. The zero-order chi connectivity index (χ0) is 19.2. The molecule has 0 aliphatic rings. The molecular formula is C17H16N6O3S. The second-order valence-electron chi connectivity index (χ2n) is 5.97. The largest absolute Gasteiger partial charge is 0.461 e. The molecule has 9 nitrogen and oxygen atoms in total. The van der Waals surface area contributed by atoms with Gasteiger partial charge in [-0.3, -0.25) is 4.68 Å². The molecule has 0 spiro atoms. The van der Waals surface area contributed by atoms with Gasteiger partial charge in [-0.05, 0) is 43.3 Å². The summed E-state index contributed by atoms with van der Waals surface area (Å²) in [4.78, 5) is 9.13. The molecule has 4 rings (SSSR count). The minimum Gasteiger partial charge on any atom is -0.461 e. The zero-order valence-electron chi connectivity index (χ0n) is 14.5. The lowest BCUT2D eigenvalue weighted by Gasteiger charge is -2.08. The van der Waals surface area contributed by atoms with Crippen LogP contribution in [0.3, 0.4) is 0 Å². The molecular weight excluding hydrogens is 368 g/mol. The van der Waals surface area contributed by atoms with Crippen LogP contribution >= 0.6 is 0 Å². The molecule has 1 aromatic carbocycles. The number of hydrogen-bond donors (Lipinski definition) is 2. The van der Waals surface area contributed by atoms with E-state index in [2.05, 4.69) is 20.4 Å². The predicted molar refractivity (Wildman–Crippen MR) is 99.8 cm³/mol. The molecule has 0 unspecified atom stereocenters. The molecule has 0 saturated heterocycles. The van der Waals surface area contributed by atoms with Crippen LogP contribution in [0.15, 0.2) is 52.0 Å². The fourth-order valence-corrected chi connectivity index (χ4v) is 3.16. The van der Waals surface area contributed by atoms with Crippen molar-refractivity contribution < 1.29 is 12.8 Å². The lowest BCUT2D eigenvalue weighted by Crippen LogP contribution is -2.11. The Morgan fingerprint density at radius 3 is 2.48 bits per heavy atom. The highest BCUT2D eigenvalue weighted by Crippen LogP contribution is 2.28. The molecule has 3 N–H and O–H groups in total. The van der Waals surface area contributed by atoms with E-state index in [9.17, 15) is 8.42 Å². The van der Waals surface area contributed by atoms with Crippen molar-refractivity contribution in [2.24, 2.45) is 12.2 Å². The van der Waals surface area contributed by atoms with Crippen LogP contribution in [-0.2, 0) is 17.1 Å². The number of nitrogens with two attached hydrogens (primary N) is 1. The van der Waals surface area contributed by atoms with Gasteiger partial charge in [0.1, 0.15) is 5.52 Å². The Labute approximate surface area is 154 Å². The molecule has 138 valence electrons. The van der Waals surface area contributed by atoms with Crippen LogP contribution in [0.25, 0.3) is 22.6 Å². The Balaban J connectivity index is 1.81.